The van der Waals surface area contributed by atoms with E-state index in [4.69, 9.17) is 4.74 Å². The van der Waals surface area contributed by atoms with Gasteiger partial charge >= 0.3 is 5.97 Å². The molecule has 0 amide bonds. The van der Waals surface area contributed by atoms with E-state index in [0.29, 0.717) is 0 Å². The van der Waals surface area contributed by atoms with Gasteiger partial charge in [0.05, 0.1) is 12.9 Å². The quantitative estimate of drug-likeness (QED) is 0.859. The Morgan fingerprint density at radius 3 is 3.00 bits per heavy atom. The number of aliphatic hydroxyl groups is 1. The minimum atomic E-state index is -1.02. The third-order valence-corrected chi connectivity index (χ3v) is 3.84. The van der Waals surface area contributed by atoms with Crippen LogP contribution in [0.15, 0.2) is 60.6 Å². The predicted molar refractivity (Wildman–Crippen MR) is 79.9 cm³/mol. The Labute approximate surface area is 122 Å². The lowest BCUT2D eigenvalue weighted by molar-refractivity contribution is -0.145. The first-order valence-electron chi connectivity index (χ1n) is 6.66. The number of ether oxygens (including phenoxy) is 1. The molecular weight excluding hydrogens is 266 g/mol. The van der Waals surface area contributed by atoms with E-state index < -0.39 is 11.4 Å². The minimum Gasteiger partial charge on any atom is -0.512 e. The average molecular weight is 281 g/mol. The molecule has 0 aliphatic heterocycles. The molecule has 1 aromatic heterocycles. The molecule has 3 rings (SSSR count). The van der Waals surface area contributed by atoms with Gasteiger partial charge in [-0.15, -0.1) is 0 Å². The Bertz CT molecular complexity index is 758. The highest BCUT2D eigenvalue weighted by atomic mass is 16.5. The smallest absolute Gasteiger partial charge is 0.320 e. The molecule has 4 nitrogen and oxygen atoms in total. The number of hydrogen-bond acceptors (Lipinski definition) is 4. The molecule has 1 unspecified atom stereocenters. The number of benzene rings is 1. The molecule has 106 valence electrons. The van der Waals surface area contributed by atoms with E-state index in [9.17, 15) is 9.90 Å². The fourth-order valence-electron chi connectivity index (χ4n) is 2.85. The molecule has 0 fully saturated rings. The van der Waals surface area contributed by atoms with Crippen molar-refractivity contribution in [3.05, 3.63) is 66.2 Å². The van der Waals surface area contributed by atoms with Crippen molar-refractivity contribution in [1.82, 2.24) is 4.98 Å². The molecule has 1 aliphatic carbocycles. The van der Waals surface area contributed by atoms with Crippen LogP contribution >= 0.6 is 0 Å². The number of fused-ring (bicyclic) bond motifs is 1. The zero-order chi connectivity index (χ0) is 14.9. The maximum atomic E-state index is 12.4. The Morgan fingerprint density at radius 2 is 2.24 bits per heavy atom. The molecule has 1 heterocycles. The number of rotatable bonds is 2. The highest BCUT2D eigenvalue weighted by Crippen LogP contribution is 2.39. The fourth-order valence-corrected chi connectivity index (χ4v) is 2.85. The van der Waals surface area contributed by atoms with Gasteiger partial charge in [0.25, 0.3) is 0 Å². The molecule has 0 spiro atoms. The van der Waals surface area contributed by atoms with E-state index in [2.05, 4.69) is 4.98 Å². The second-order valence-corrected chi connectivity index (χ2v) is 5.06. The summed E-state index contributed by atoms with van der Waals surface area (Å²) in [7, 11) is 1.36. The average Bonchev–Trinajstić information content (AvgIpc) is 2.53. The van der Waals surface area contributed by atoms with Crippen molar-refractivity contribution in [2.75, 3.05) is 7.11 Å². The van der Waals surface area contributed by atoms with E-state index in [-0.39, 0.29) is 12.2 Å². The third kappa shape index (κ3) is 2.09. The number of carbonyl (C=O) groups is 1. The van der Waals surface area contributed by atoms with Crippen molar-refractivity contribution in [2.24, 2.45) is 0 Å². The standard InChI is InChI=1S/C17H15NO3/c1-21-16(20)17(8-3-5-13(19)10-17)15-6-2-4-12-7-9-18-11-14(12)15/h2-9,11,19H,10H2,1H3. The summed E-state index contributed by atoms with van der Waals surface area (Å²) < 4.78 is 5.00. The molecule has 0 radical (unpaired) electrons. The number of pyridine rings is 1. The summed E-state index contributed by atoms with van der Waals surface area (Å²) in [5.41, 5.74) is -0.230. The lowest BCUT2D eigenvalue weighted by Crippen LogP contribution is -2.36. The second-order valence-electron chi connectivity index (χ2n) is 5.06. The Morgan fingerprint density at radius 1 is 1.38 bits per heavy atom. The Hall–Kier alpha value is -2.62. The van der Waals surface area contributed by atoms with E-state index in [1.54, 1.807) is 30.6 Å². The largest absolute Gasteiger partial charge is 0.512 e. The van der Waals surface area contributed by atoms with Crippen molar-refractivity contribution in [3.63, 3.8) is 0 Å². The lowest BCUT2D eigenvalue weighted by atomic mass is 9.73. The van der Waals surface area contributed by atoms with Gasteiger partial charge in [-0.05, 0) is 23.1 Å². The van der Waals surface area contributed by atoms with Gasteiger partial charge in [-0.25, -0.2) is 0 Å². The van der Waals surface area contributed by atoms with Crippen LogP contribution in [0.4, 0.5) is 0 Å². The number of esters is 1. The zero-order valence-electron chi connectivity index (χ0n) is 11.6. The Balaban J connectivity index is 2.28. The summed E-state index contributed by atoms with van der Waals surface area (Å²) in [5.74, 6) is -0.237. The van der Waals surface area contributed by atoms with Crippen LogP contribution in [-0.2, 0) is 14.9 Å². The summed E-state index contributed by atoms with van der Waals surface area (Å²) in [6, 6.07) is 7.63. The molecule has 4 heteroatoms. The SMILES string of the molecule is COC(=O)C1(c2cccc3ccncc23)C=CC=C(O)C1. The molecule has 0 saturated heterocycles. The van der Waals surface area contributed by atoms with Crippen molar-refractivity contribution in [1.29, 1.82) is 0 Å². The van der Waals surface area contributed by atoms with Crippen LogP contribution in [0.25, 0.3) is 10.8 Å². The summed E-state index contributed by atoms with van der Waals surface area (Å²) in [6.07, 6.45) is 8.68. The number of aromatic nitrogens is 1. The van der Waals surface area contributed by atoms with E-state index >= 15 is 0 Å². The van der Waals surface area contributed by atoms with Gasteiger partial charge in [0.2, 0.25) is 0 Å². The maximum Gasteiger partial charge on any atom is 0.320 e. The number of allylic oxidation sites excluding steroid dienone is 3. The zero-order valence-corrected chi connectivity index (χ0v) is 11.6. The number of aliphatic hydroxyl groups excluding tert-OH is 1. The first-order valence-corrected chi connectivity index (χ1v) is 6.66. The summed E-state index contributed by atoms with van der Waals surface area (Å²) in [4.78, 5) is 16.6. The normalized spacial score (nSPS) is 21.1. The highest BCUT2D eigenvalue weighted by molar-refractivity contribution is 5.95. The second kappa shape index (κ2) is 5.05. The molecule has 1 N–H and O–H groups in total. The third-order valence-electron chi connectivity index (χ3n) is 3.84. The molecular formula is C17H15NO3. The van der Waals surface area contributed by atoms with Gasteiger partial charge in [0.15, 0.2) is 0 Å². The van der Waals surface area contributed by atoms with E-state index in [1.165, 1.54) is 7.11 Å². The van der Waals surface area contributed by atoms with Crippen LogP contribution in [-0.4, -0.2) is 23.2 Å². The molecule has 0 saturated carbocycles. The van der Waals surface area contributed by atoms with Crippen molar-refractivity contribution in [2.45, 2.75) is 11.8 Å². The number of nitrogens with zero attached hydrogens (tertiary/aromatic N) is 1. The van der Waals surface area contributed by atoms with Crippen LogP contribution < -0.4 is 0 Å². The molecule has 1 aliphatic rings. The van der Waals surface area contributed by atoms with Crippen LogP contribution in [0.2, 0.25) is 0 Å². The van der Waals surface area contributed by atoms with Crippen molar-refractivity contribution >= 4 is 16.7 Å². The van der Waals surface area contributed by atoms with Gasteiger partial charge in [-0.1, -0.05) is 30.4 Å². The highest BCUT2D eigenvalue weighted by Gasteiger charge is 2.42. The lowest BCUT2D eigenvalue weighted by Gasteiger charge is -2.30. The molecule has 1 atom stereocenters. The summed E-state index contributed by atoms with van der Waals surface area (Å²) >= 11 is 0. The topological polar surface area (TPSA) is 59.4 Å². The maximum absolute atomic E-state index is 12.4. The fraction of sp³-hybridized carbons (Fsp3) is 0.176. The van der Waals surface area contributed by atoms with Gasteiger partial charge in [-0.2, -0.15) is 0 Å². The van der Waals surface area contributed by atoms with Crippen LogP contribution in [0, 0.1) is 0 Å². The monoisotopic (exact) mass is 281 g/mol. The van der Waals surface area contributed by atoms with Crippen molar-refractivity contribution < 1.29 is 14.6 Å². The molecule has 21 heavy (non-hydrogen) atoms. The van der Waals surface area contributed by atoms with Crippen LogP contribution in [0.3, 0.4) is 0 Å². The van der Waals surface area contributed by atoms with Crippen LogP contribution in [0.5, 0.6) is 0 Å². The molecule has 0 bridgehead atoms. The molecule has 1 aromatic carbocycles. The van der Waals surface area contributed by atoms with E-state index in [0.717, 1.165) is 16.3 Å². The number of hydrogen-bond donors (Lipinski definition) is 1. The van der Waals surface area contributed by atoms with Gasteiger partial charge in [-0.3, -0.25) is 9.78 Å². The van der Waals surface area contributed by atoms with E-state index in [1.807, 2.05) is 24.3 Å². The minimum absolute atomic E-state index is 0.156. The number of carbonyl (C=O) groups excluding carboxylic acids is 1. The number of methoxy groups -OCH3 is 1. The summed E-state index contributed by atoms with van der Waals surface area (Å²) in [5, 5.41) is 11.8. The first-order chi connectivity index (χ1) is 10.2. The van der Waals surface area contributed by atoms with Gasteiger partial charge < -0.3 is 9.84 Å². The van der Waals surface area contributed by atoms with Crippen LogP contribution in [0.1, 0.15) is 12.0 Å². The predicted octanol–water partition coefficient (Wildman–Crippen LogP) is 3.05. The van der Waals surface area contributed by atoms with Gasteiger partial charge in [0.1, 0.15) is 5.41 Å². The van der Waals surface area contributed by atoms with Crippen molar-refractivity contribution in [3.8, 4) is 0 Å². The Kier molecular flexibility index (Phi) is 3.22. The first kappa shape index (κ1) is 13.4. The molecule has 2 aromatic rings. The summed E-state index contributed by atoms with van der Waals surface area (Å²) in [6.45, 7) is 0. The van der Waals surface area contributed by atoms with Gasteiger partial charge in [0, 0.05) is 24.2 Å².